The summed E-state index contributed by atoms with van der Waals surface area (Å²) in [7, 11) is 0. The van der Waals surface area contributed by atoms with Crippen molar-refractivity contribution in [3.63, 3.8) is 0 Å². The molecular weight excluding hydrogens is 284 g/mol. The number of benzene rings is 3. The molecule has 2 heteroatoms. The fourth-order valence-corrected chi connectivity index (χ4v) is 2.71. The molecule has 0 unspecified atom stereocenters. The second-order valence-corrected chi connectivity index (χ2v) is 5.55. The summed E-state index contributed by atoms with van der Waals surface area (Å²) in [4.78, 5) is 0. The summed E-state index contributed by atoms with van der Waals surface area (Å²) < 4.78 is 12.0. The van der Waals surface area contributed by atoms with Crippen molar-refractivity contribution in [2.75, 3.05) is 0 Å². The van der Waals surface area contributed by atoms with Gasteiger partial charge in [0.05, 0.1) is 5.57 Å². The number of aryl methyl sites for hydroxylation is 1. The van der Waals surface area contributed by atoms with E-state index in [1.807, 2.05) is 61.5 Å². The number of hydrogen-bond donors (Lipinski definition) is 0. The number of hydrogen-bond acceptors (Lipinski definition) is 2. The highest BCUT2D eigenvalue weighted by molar-refractivity contribution is 5.81. The Kier molecular flexibility index (Phi) is 3.35. The molecule has 0 spiro atoms. The van der Waals surface area contributed by atoms with Crippen LogP contribution in [0.25, 0.3) is 5.57 Å². The van der Waals surface area contributed by atoms with Gasteiger partial charge >= 0.3 is 0 Å². The van der Waals surface area contributed by atoms with E-state index in [9.17, 15) is 0 Å². The van der Waals surface area contributed by atoms with Gasteiger partial charge in [-0.15, -0.1) is 0 Å². The third-order valence-corrected chi connectivity index (χ3v) is 3.83. The van der Waals surface area contributed by atoms with E-state index in [0.717, 1.165) is 33.8 Å². The predicted octanol–water partition coefficient (Wildman–Crippen LogP) is 5.18. The molecule has 23 heavy (non-hydrogen) atoms. The highest BCUT2D eigenvalue weighted by Gasteiger charge is 2.24. The van der Waals surface area contributed by atoms with Crippen LogP contribution in [0.4, 0.5) is 0 Å². The van der Waals surface area contributed by atoms with Gasteiger partial charge in [0.25, 0.3) is 5.95 Å². The molecule has 0 bridgehead atoms. The zero-order valence-electron chi connectivity index (χ0n) is 12.8. The minimum atomic E-state index is 0.531. The highest BCUT2D eigenvalue weighted by Crippen LogP contribution is 2.40. The summed E-state index contributed by atoms with van der Waals surface area (Å²) in [5, 5.41) is 0. The van der Waals surface area contributed by atoms with Gasteiger partial charge in [-0.05, 0) is 35.7 Å². The first-order valence-corrected chi connectivity index (χ1v) is 7.63. The number of ether oxygens (including phenoxy) is 2. The summed E-state index contributed by atoms with van der Waals surface area (Å²) in [6.45, 7) is 2.04. The Labute approximate surface area is 135 Å². The van der Waals surface area contributed by atoms with Crippen LogP contribution < -0.4 is 9.47 Å². The van der Waals surface area contributed by atoms with Crippen molar-refractivity contribution in [2.24, 2.45) is 0 Å². The average Bonchev–Trinajstić information content (AvgIpc) is 2.99. The van der Waals surface area contributed by atoms with Gasteiger partial charge in [0.1, 0.15) is 0 Å². The van der Waals surface area contributed by atoms with Crippen LogP contribution in [0.15, 0.2) is 84.8 Å². The van der Waals surface area contributed by atoms with E-state index in [4.69, 9.17) is 9.47 Å². The second-order valence-electron chi connectivity index (χ2n) is 5.55. The summed E-state index contributed by atoms with van der Waals surface area (Å²) in [6, 6.07) is 26.3. The Morgan fingerprint density at radius 1 is 0.652 bits per heavy atom. The molecule has 3 aromatic rings. The minimum Gasteiger partial charge on any atom is -0.422 e. The largest absolute Gasteiger partial charge is 0.422 e. The molecule has 3 aromatic carbocycles. The van der Waals surface area contributed by atoms with Crippen LogP contribution in [0, 0.1) is 6.92 Å². The van der Waals surface area contributed by atoms with Gasteiger partial charge < -0.3 is 9.47 Å². The number of rotatable bonds is 2. The van der Waals surface area contributed by atoms with Gasteiger partial charge in [-0.3, -0.25) is 0 Å². The topological polar surface area (TPSA) is 18.5 Å². The first-order chi connectivity index (χ1) is 11.3. The monoisotopic (exact) mass is 300 g/mol. The van der Waals surface area contributed by atoms with E-state index in [-0.39, 0.29) is 0 Å². The van der Waals surface area contributed by atoms with E-state index < -0.39 is 0 Å². The zero-order chi connectivity index (χ0) is 15.6. The molecular formula is C21H16O2. The molecule has 2 nitrogen and oxygen atoms in total. The fraction of sp³-hybridized carbons (Fsp3) is 0.0476. The first-order valence-electron chi connectivity index (χ1n) is 7.63. The third-order valence-electron chi connectivity index (χ3n) is 3.83. The van der Waals surface area contributed by atoms with E-state index >= 15 is 0 Å². The smallest absolute Gasteiger partial charge is 0.299 e. The Hall–Kier alpha value is -3.00. The average molecular weight is 300 g/mol. The molecule has 1 aliphatic rings. The van der Waals surface area contributed by atoms with Crippen LogP contribution in [0.5, 0.6) is 11.5 Å². The van der Waals surface area contributed by atoms with Crippen LogP contribution in [-0.4, -0.2) is 0 Å². The Bertz CT molecular complexity index is 823. The van der Waals surface area contributed by atoms with E-state index in [1.165, 1.54) is 0 Å². The standard InChI is InChI=1S/C21H16O2/c1-15-12-13-18-19(14-15)23-21(22-18)20(16-8-4-2-5-9-16)17-10-6-3-7-11-17/h2-14H,1H3. The zero-order valence-corrected chi connectivity index (χ0v) is 12.8. The Balaban J connectivity index is 1.87. The van der Waals surface area contributed by atoms with Crippen LogP contribution in [-0.2, 0) is 0 Å². The van der Waals surface area contributed by atoms with Crippen LogP contribution in [0.1, 0.15) is 16.7 Å². The van der Waals surface area contributed by atoms with Gasteiger partial charge in [0.2, 0.25) is 0 Å². The van der Waals surface area contributed by atoms with Gasteiger partial charge in [-0.2, -0.15) is 0 Å². The lowest BCUT2D eigenvalue weighted by Gasteiger charge is -2.10. The van der Waals surface area contributed by atoms with Gasteiger partial charge in [0, 0.05) is 0 Å². The molecule has 0 atom stereocenters. The molecule has 0 aromatic heterocycles. The molecule has 0 fully saturated rings. The molecule has 1 heterocycles. The second kappa shape index (κ2) is 5.65. The first kappa shape index (κ1) is 13.6. The lowest BCUT2D eigenvalue weighted by molar-refractivity contribution is 0.291. The quantitative estimate of drug-likeness (QED) is 0.649. The molecule has 0 N–H and O–H groups in total. The van der Waals surface area contributed by atoms with Crippen molar-refractivity contribution in [2.45, 2.75) is 6.92 Å². The van der Waals surface area contributed by atoms with Crippen molar-refractivity contribution >= 4 is 5.57 Å². The fourth-order valence-electron chi connectivity index (χ4n) is 2.71. The maximum Gasteiger partial charge on any atom is 0.299 e. The van der Waals surface area contributed by atoms with E-state index in [2.05, 4.69) is 24.3 Å². The molecule has 112 valence electrons. The molecule has 0 saturated carbocycles. The van der Waals surface area contributed by atoms with Gasteiger partial charge in [0.15, 0.2) is 11.5 Å². The summed E-state index contributed by atoms with van der Waals surface area (Å²) in [5.41, 5.74) is 4.24. The number of fused-ring (bicyclic) bond motifs is 1. The molecule has 0 radical (unpaired) electrons. The van der Waals surface area contributed by atoms with Crippen molar-refractivity contribution in [3.05, 3.63) is 101 Å². The SMILES string of the molecule is Cc1ccc2c(c1)OC(=C(c1ccccc1)c1ccccc1)O2. The maximum atomic E-state index is 6.02. The van der Waals surface area contributed by atoms with E-state index in [1.54, 1.807) is 0 Å². The molecule has 1 aliphatic heterocycles. The molecule has 0 aliphatic carbocycles. The highest BCUT2D eigenvalue weighted by atomic mass is 16.7. The van der Waals surface area contributed by atoms with Gasteiger partial charge in [-0.1, -0.05) is 66.7 Å². The third kappa shape index (κ3) is 2.59. The lowest BCUT2D eigenvalue weighted by atomic mass is 9.99. The summed E-state index contributed by atoms with van der Waals surface area (Å²) >= 11 is 0. The summed E-state index contributed by atoms with van der Waals surface area (Å²) in [6.07, 6.45) is 0. The van der Waals surface area contributed by atoms with Crippen LogP contribution in [0.2, 0.25) is 0 Å². The summed E-state index contributed by atoms with van der Waals surface area (Å²) in [5.74, 6) is 2.06. The lowest BCUT2D eigenvalue weighted by Crippen LogP contribution is -2.02. The molecule has 4 rings (SSSR count). The maximum absolute atomic E-state index is 6.02. The minimum absolute atomic E-state index is 0.531. The Morgan fingerprint density at radius 2 is 1.22 bits per heavy atom. The van der Waals surface area contributed by atoms with Crippen molar-refractivity contribution < 1.29 is 9.47 Å². The molecule has 0 amide bonds. The predicted molar refractivity (Wildman–Crippen MR) is 91.3 cm³/mol. The van der Waals surface area contributed by atoms with Crippen molar-refractivity contribution in [1.82, 2.24) is 0 Å². The van der Waals surface area contributed by atoms with Gasteiger partial charge in [-0.25, -0.2) is 0 Å². The normalized spacial score (nSPS) is 12.3. The van der Waals surface area contributed by atoms with Crippen LogP contribution >= 0.6 is 0 Å². The van der Waals surface area contributed by atoms with Crippen molar-refractivity contribution in [3.8, 4) is 11.5 Å². The Morgan fingerprint density at radius 3 is 1.83 bits per heavy atom. The van der Waals surface area contributed by atoms with E-state index in [0.29, 0.717) is 5.95 Å². The molecule has 0 saturated heterocycles. The van der Waals surface area contributed by atoms with Crippen molar-refractivity contribution in [1.29, 1.82) is 0 Å². The van der Waals surface area contributed by atoms with Crippen LogP contribution in [0.3, 0.4) is 0 Å².